The third kappa shape index (κ3) is 9.11. The summed E-state index contributed by atoms with van der Waals surface area (Å²) in [6, 6.07) is 8.12. The van der Waals surface area contributed by atoms with Crippen LogP contribution in [0.5, 0.6) is 0 Å². The highest BCUT2D eigenvalue weighted by molar-refractivity contribution is 14.0. The van der Waals surface area contributed by atoms with Crippen molar-refractivity contribution in [3.63, 3.8) is 0 Å². The molecule has 0 unspecified atom stereocenters. The van der Waals surface area contributed by atoms with Crippen molar-refractivity contribution >= 4 is 40.0 Å². The number of halogens is 1. The number of nitrogens with one attached hydrogen (secondary N) is 3. The smallest absolute Gasteiger partial charge is 0.211 e. The zero-order valence-corrected chi connectivity index (χ0v) is 17.1. The maximum Gasteiger partial charge on any atom is 0.211 e. The van der Waals surface area contributed by atoms with Crippen LogP contribution in [-0.2, 0) is 16.6 Å². The first kappa shape index (κ1) is 22.1. The molecule has 0 radical (unpaired) electrons. The molecule has 132 valence electrons. The standard InChI is InChI=1S/C15H26N4O2S.HI/c1-4-16-15(17-10-11-19-22(20,21)5-2)18-12-14-9-7-6-8-13(14)3;/h6-9,19H,4-5,10-12H2,1-3H3,(H2,16,17,18);1H. The maximum absolute atomic E-state index is 11.3. The number of sulfonamides is 1. The molecule has 1 rings (SSSR count). The van der Waals surface area contributed by atoms with Gasteiger partial charge in [-0.2, -0.15) is 0 Å². The summed E-state index contributed by atoms with van der Waals surface area (Å²) in [5, 5.41) is 6.26. The highest BCUT2D eigenvalue weighted by Gasteiger charge is 2.05. The lowest BCUT2D eigenvalue weighted by molar-refractivity contribution is 0.582. The maximum atomic E-state index is 11.3. The van der Waals surface area contributed by atoms with Crippen LogP contribution in [-0.4, -0.2) is 39.8 Å². The van der Waals surface area contributed by atoms with E-state index in [1.807, 2.05) is 19.1 Å². The SMILES string of the molecule is CCNC(=NCc1ccccc1C)NCCNS(=O)(=O)CC.I. The van der Waals surface area contributed by atoms with Gasteiger partial charge in [-0.25, -0.2) is 18.1 Å². The van der Waals surface area contributed by atoms with Crippen LogP contribution in [0.2, 0.25) is 0 Å². The molecule has 0 heterocycles. The molecule has 23 heavy (non-hydrogen) atoms. The average Bonchev–Trinajstić information content (AvgIpc) is 2.50. The molecule has 8 heteroatoms. The van der Waals surface area contributed by atoms with E-state index in [0.717, 1.165) is 6.54 Å². The molecule has 0 spiro atoms. The van der Waals surface area contributed by atoms with Gasteiger partial charge in [0.15, 0.2) is 5.96 Å². The van der Waals surface area contributed by atoms with Gasteiger partial charge in [-0.05, 0) is 31.9 Å². The van der Waals surface area contributed by atoms with Crippen molar-refractivity contribution in [1.29, 1.82) is 0 Å². The van der Waals surface area contributed by atoms with Crippen LogP contribution >= 0.6 is 24.0 Å². The second-order valence-electron chi connectivity index (χ2n) is 4.85. The van der Waals surface area contributed by atoms with Crippen molar-refractivity contribution < 1.29 is 8.42 Å². The Morgan fingerprint density at radius 1 is 1.13 bits per heavy atom. The van der Waals surface area contributed by atoms with Crippen LogP contribution in [0.25, 0.3) is 0 Å². The largest absolute Gasteiger partial charge is 0.357 e. The molecule has 6 nitrogen and oxygen atoms in total. The monoisotopic (exact) mass is 454 g/mol. The number of guanidine groups is 1. The summed E-state index contributed by atoms with van der Waals surface area (Å²) in [5.74, 6) is 0.774. The van der Waals surface area contributed by atoms with E-state index >= 15 is 0 Å². The third-order valence-corrected chi connectivity index (χ3v) is 4.54. The molecule has 3 N–H and O–H groups in total. The van der Waals surface area contributed by atoms with Gasteiger partial charge in [0.05, 0.1) is 12.3 Å². The van der Waals surface area contributed by atoms with Crippen LogP contribution < -0.4 is 15.4 Å². The second-order valence-corrected chi connectivity index (χ2v) is 6.94. The van der Waals surface area contributed by atoms with Crippen LogP contribution in [0.1, 0.15) is 25.0 Å². The van der Waals surface area contributed by atoms with Gasteiger partial charge in [0.1, 0.15) is 0 Å². The Kier molecular flexibility index (Phi) is 11.2. The van der Waals surface area contributed by atoms with Gasteiger partial charge in [0.2, 0.25) is 10.0 Å². The minimum absolute atomic E-state index is 0. The van der Waals surface area contributed by atoms with E-state index < -0.39 is 10.0 Å². The molecule has 0 atom stereocenters. The van der Waals surface area contributed by atoms with Crippen molar-refractivity contribution in [2.24, 2.45) is 4.99 Å². The number of benzene rings is 1. The molecule has 0 aliphatic heterocycles. The van der Waals surface area contributed by atoms with Crippen molar-refractivity contribution in [2.45, 2.75) is 27.3 Å². The van der Waals surface area contributed by atoms with Gasteiger partial charge in [0, 0.05) is 19.6 Å². The summed E-state index contributed by atoms with van der Waals surface area (Å²) in [7, 11) is -3.14. The first-order valence-electron chi connectivity index (χ1n) is 7.52. The summed E-state index contributed by atoms with van der Waals surface area (Å²) < 4.78 is 25.2. The Morgan fingerprint density at radius 3 is 2.43 bits per heavy atom. The van der Waals surface area contributed by atoms with Crippen molar-refractivity contribution in [1.82, 2.24) is 15.4 Å². The zero-order chi connectivity index (χ0) is 16.4. The molecule has 0 aliphatic carbocycles. The van der Waals surface area contributed by atoms with Gasteiger partial charge < -0.3 is 10.6 Å². The van der Waals surface area contributed by atoms with Crippen molar-refractivity contribution in [3.8, 4) is 0 Å². The van der Waals surface area contributed by atoms with Crippen LogP contribution in [0.3, 0.4) is 0 Å². The van der Waals surface area contributed by atoms with Crippen molar-refractivity contribution in [3.05, 3.63) is 35.4 Å². The van der Waals surface area contributed by atoms with Gasteiger partial charge in [-0.15, -0.1) is 24.0 Å². The summed E-state index contributed by atoms with van der Waals surface area (Å²) in [4.78, 5) is 4.52. The molecule has 0 aromatic heterocycles. The predicted molar refractivity (Wildman–Crippen MR) is 107 cm³/mol. The van der Waals surface area contributed by atoms with E-state index in [1.54, 1.807) is 6.92 Å². The van der Waals surface area contributed by atoms with Gasteiger partial charge in [-0.3, -0.25) is 0 Å². The summed E-state index contributed by atoms with van der Waals surface area (Å²) in [5.41, 5.74) is 2.38. The van der Waals surface area contributed by atoms with E-state index in [1.165, 1.54) is 11.1 Å². The molecule has 0 saturated carbocycles. The molecular formula is C15H27IN4O2S. The number of hydrogen-bond donors (Lipinski definition) is 3. The van der Waals surface area contributed by atoms with E-state index in [2.05, 4.69) is 39.4 Å². The molecular weight excluding hydrogens is 427 g/mol. The van der Waals surface area contributed by atoms with Gasteiger partial charge in [-0.1, -0.05) is 24.3 Å². The fourth-order valence-electron chi connectivity index (χ4n) is 1.78. The molecule has 0 amide bonds. The van der Waals surface area contributed by atoms with Crippen LogP contribution in [0, 0.1) is 6.92 Å². The predicted octanol–water partition coefficient (Wildman–Crippen LogP) is 1.61. The van der Waals surface area contributed by atoms with E-state index in [4.69, 9.17) is 0 Å². The first-order chi connectivity index (χ1) is 10.5. The Labute approximate surface area is 156 Å². The van der Waals surface area contributed by atoms with E-state index in [0.29, 0.717) is 25.6 Å². The normalized spacial score (nSPS) is 11.7. The second kappa shape index (κ2) is 11.6. The highest BCUT2D eigenvalue weighted by atomic mass is 127. The molecule has 0 aliphatic rings. The molecule has 0 fully saturated rings. The van der Waals surface area contributed by atoms with Crippen LogP contribution in [0.15, 0.2) is 29.3 Å². The quantitative estimate of drug-likeness (QED) is 0.241. The number of aryl methyl sites for hydroxylation is 1. The van der Waals surface area contributed by atoms with Gasteiger partial charge in [0.25, 0.3) is 0 Å². The lowest BCUT2D eigenvalue weighted by Crippen LogP contribution is -2.41. The summed E-state index contributed by atoms with van der Waals surface area (Å²) >= 11 is 0. The van der Waals surface area contributed by atoms with Gasteiger partial charge >= 0.3 is 0 Å². The van der Waals surface area contributed by atoms with Crippen LogP contribution in [0.4, 0.5) is 0 Å². The highest BCUT2D eigenvalue weighted by Crippen LogP contribution is 2.07. The average molecular weight is 454 g/mol. The Morgan fingerprint density at radius 2 is 1.83 bits per heavy atom. The zero-order valence-electron chi connectivity index (χ0n) is 13.9. The Bertz CT molecular complexity index is 591. The van der Waals surface area contributed by atoms with E-state index in [9.17, 15) is 8.42 Å². The lowest BCUT2D eigenvalue weighted by Gasteiger charge is -2.12. The fraction of sp³-hybridized carbons (Fsp3) is 0.533. The molecule has 1 aromatic rings. The topological polar surface area (TPSA) is 82.6 Å². The van der Waals surface area contributed by atoms with Crippen molar-refractivity contribution in [2.75, 3.05) is 25.4 Å². The minimum Gasteiger partial charge on any atom is -0.357 e. The Hall–Kier alpha value is -0.870. The first-order valence-corrected chi connectivity index (χ1v) is 9.17. The molecule has 0 saturated heterocycles. The number of hydrogen-bond acceptors (Lipinski definition) is 3. The number of rotatable bonds is 8. The minimum atomic E-state index is -3.14. The lowest BCUT2D eigenvalue weighted by atomic mass is 10.1. The fourth-order valence-corrected chi connectivity index (χ4v) is 2.40. The number of nitrogens with zero attached hydrogens (tertiary/aromatic N) is 1. The summed E-state index contributed by atoms with van der Waals surface area (Å²) in [6.45, 7) is 7.83. The third-order valence-electron chi connectivity index (χ3n) is 3.13. The van der Waals surface area contributed by atoms with E-state index in [-0.39, 0.29) is 29.7 Å². The number of aliphatic imine (C=N–C) groups is 1. The Balaban J connectivity index is 0.00000484. The molecule has 1 aromatic carbocycles. The summed E-state index contributed by atoms with van der Waals surface area (Å²) in [6.07, 6.45) is 0. The molecule has 0 bridgehead atoms.